The lowest BCUT2D eigenvalue weighted by Gasteiger charge is -2.35. The number of primary amides is 1. The molecule has 20 heavy (non-hydrogen) atoms. The summed E-state index contributed by atoms with van der Waals surface area (Å²) in [6.45, 7) is 1.58. The van der Waals surface area contributed by atoms with Gasteiger partial charge in [0.1, 0.15) is 6.04 Å². The maximum Gasteiger partial charge on any atom is 0.240 e. The lowest BCUT2D eigenvalue weighted by Crippen LogP contribution is -2.53. The smallest absolute Gasteiger partial charge is 0.240 e. The van der Waals surface area contributed by atoms with Gasteiger partial charge in [0.25, 0.3) is 0 Å². The molecule has 4 nitrogen and oxygen atoms in total. The van der Waals surface area contributed by atoms with Crippen LogP contribution >= 0.6 is 12.2 Å². The van der Waals surface area contributed by atoms with Crippen molar-refractivity contribution in [3.8, 4) is 0 Å². The SMILES string of the molecule is NC(=O)[C@H]1CCCCN1C(=S)NCCc1ccccc1. The third-order valence-corrected chi connectivity index (χ3v) is 4.00. The number of nitrogens with two attached hydrogens (primary N) is 1. The van der Waals surface area contributed by atoms with E-state index in [0.717, 1.165) is 38.8 Å². The van der Waals surface area contributed by atoms with Gasteiger partial charge in [0.05, 0.1) is 0 Å². The molecule has 1 saturated heterocycles. The molecule has 0 aromatic heterocycles. The minimum absolute atomic E-state index is 0.250. The third-order valence-electron chi connectivity index (χ3n) is 3.62. The number of hydrogen-bond donors (Lipinski definition) is 2. The van der Waals surface area contributed by atoms with Crippen LogP contribution in [0.1, 0.15) is 24.8 Å². The average Bonchev–Trinajstić information content (AvgIpc) is 2.48. The largest absolute Gasteiger partial charge is 0.368 e. The number of carbonyl (C=O) groups is 1. The topological polar surface area (TPSA) is 58.4 Å². The van der Waals surface area contributed by atoms with E-state index >= 15 is 0 Å². The molecule has 1 atom stereocenters. The van der Waals surface area contributed by atoms with E-state index in [4.69, 9.17) is 18.0 Å². The van der Waals surface area contributed by atoms with Crippen LogP contribution in [0, 0.1) is 0 Å². The van der Waals surface area contributed by atoms with Crippen LogP contribution in [0.25, 0.3) is 0 Å². The molecule has 0 spiro atoms. The Morgan fingerprint density at radius 2 is 2.10 bits per heavy atom. The summed E-state index contributed by atoms with van der Waals surface area (Å²) in [5.41, 5.74) is 6.72. The highest BCUT2D eigenvalue weighted by Crippen LogP contribution is 2.16. The Morgan fingerprint density at radius 3 is 2.80 bits per heavy atom. The fourth-order valence-electron chi connectivity index (χ4n) is 2.53. The van der Waals surface area contributed by atoms with Crippen molar-refractivity contribution in [1.29, 1.82) is 0 Å². The molecule has 1 aliphatic heterocycles. The summed E-state index contributed by atoms with van der Waals surface area (Å²) in [6.07, 6.45) is 3.81. The van der Waals surface area contributed by atoms with Gasteiger partial charge in [0.2, 0.25) is 5.91 Å². The fourth-order valence-corrected chi connectivity index (χ4v) is 2.85. The van der Waals surface area contributed by atoms with Gasteiger partial charge in [-0.25, -0.2) is 0 Å². The molecule has 2 rings (SSSR count). The molecular formula is C15H21N3OS. The van der Waals surface area contributed by atoms with Gasteiger partial charge in [-0.1, -0.05) is 30.3 Å². The molecule has 1 fully saturated rings. The Labute approximate surface area is 125 Å². The summed E-state index contributed by atoms with van der Waals surface area (Å²) in [7, 11) is 0. The maximum absolute atomic E-state index is 11.5. The Morgan fingerprint density at radius 1 is 1.35 bits per heavy atom. The number of nitrogens with one attached hydrogen (secondary N) is 1. The fraction of sp³-hybridized carbons (Fsp3) is 0.467. The van der Waals surface area contributed by atoms with Gasteiger partial charge in [0.15, 0.2) is 5.11 Å². The van der Waals surface area contributed by atoms with Crippen LogP contribution in [0.5, 0.6) is 0 Å². The highest BCUT2D eigenvalue weighted by molar-refractivity contribution is 7.80. The number of amides is 1. The zero-order valence-corrected chi connectivity index (χ0v) is 12.4. The molecule has 0 radical (unpaired) electrons. The van der Waals surface area contributed by atoms with E-state index in [9.17, 15) is 4.79 Å². The van der Waals surface area contributed by atoms with E-state index < -0.39 is 0 Å². The second-order valence-corrected chi connectivity index (χ2v) is 5.46. The molecule has 0 saturated carbocycles. The molecule has 5 heteroatoms. The van der Waals surface area contributed by atoms with Gasteiger partial charge >= 0.3 is 0 Å². The maximum atomic E-state index is 11.5. The first-order valence-electron chi connectivity index (χ1n) is 7.06. The van der Waals surface area contributed by atoms with E-state index in [1.165, 1.54) is 5.56 Å². The lowest BCUT2D eigenvalue weighted by atomic mass is 10.0. The Balaban J connectivity index is 1.83. The van der Waals surface area contributed by atoms with Crippen LogP contribution in [-0.4, -0.2) is 35.1 Å². The summed E-state index contributed by atoms with van der Waals surface area (Å²) >= 11 is 5.39. The van der Waals surface area contributed by atoms with Gasteiger partial charge in [-0.3, -0.25) is 4.79 Å². The Hall–Kier alpha value is -1.62. The van der Waals surface area contributed by atoms with Crippen LogP contribution in [0.2, 0.25) is 0 Å². The Bertz CT molecular complexity index is 463. The molecule has 108 valence electrons. The standard InChI is InChI=1S/C15H21N3OS/c16-14(19)13-8-4-5-11-18(13)15(20)17-10-9-12-6-2-1-3-7-12/h1-3,6-7,13H,4-5,8-11H2,(H2,16,19)(H,17,20)/t13-/m1/s1. The van der Waals surface area contributed by atoms with Gasteiger partial charge in [-0.15, -0.1) is 0 Å². The van der Waals surface area contributed by atoms with E-state index in [-0.39, 0.29) is 11.9 Å². The van der Waals surface area contributed by atoms with Gasteiger partial charge < -0.3 is 16.0 Å². The second-order valence-electron chi connectivity index (χ2n) is 5.07. The van der Waals surface area contributed by atoms with Crippen LogP contribution in [0.15, 0.2) is 30.3 Å². The van der Waals surface area contributed by atoms with Crippen molar-refractivity contribution in [3.05, 3.63) is 35.9 Å². The quantitative estimate of drug-likeness (QED) is 0.824. The van der Waals surface area contributed by atoms with E-state index in [1.54, 1.807) is 0 Å². The summed E-state index contributed by atoms with van der Waals surface area (Å²) in [5.74, 6) is -0.281. The number of thiocarbonyl (C=S) groups is 1. The van der Waals surface area contributed by atoms with Crippen molar-refractivity contribution < 1.29 is 4.79 Å². The average molecular weight is 291 g/mol. The highest BCUT2D eigenvalue weighted by atomic mass is 32.1. The van der Waals surface area contributed by atoms with E-state index in [2.05, 4.69) is 17.4 Å². The number of hydrogen-bond acceptors (Lipinski definition) is 2. The first-order valence-corrected chi connectivity index (χ1v) is 7.47. The Kier molecular flexibility index (Phi) is 5.35. The van der Waals surface area contributed by atoms with Crippen molar-refractivity contribution in [2.45, 2.75) is 31.7 Å². The summed E-state index contributed by atoms with van der Waals surface area (Å²) in [6, 6.07) is 10.0. The van der Waals surface area contributed by atoms with Gasteiger partial charge in [-0.05, 0) is 43.5 Å². The number of likely N-dealkylation sites (tertiary alicyclic amines) is 1. The normalized spacial score (nSPS) is 18.6. The molecule has 3 N–H and O–H groups in total. The molecule has 1 aromatic rings. The van der Waals surface area contributed by atoms with E-state index in [0.29, 0.717) is 5.11 Å². The summed E-state index contributed by atoms with van der Waals surface area (Å²) in [5, 5.41) is 3.88. The van der Waals surface area contributed by atoms with E-state index in [1.807, 2.05) is 23.1 Å². The number of rotatable bonds is 4. The highest BCUT2D eigenvalue weighted by Gasteiger charge is 2.28. The minimum Gasteiger partial charge on any atom is -0.368 e. The van der Waals surface area contributed by atoms with Crippen LogP contribution in [0.4, 0.5) is 0 Å². The molecule has 1 heterocycles. The third kappa shape index (κ3) is 3.93. The second kappa shape index (κ2) is 7.24. The van der Waals surface area contributed by atoms with Crippen molar-refractivity contribution in [2.24, 2.45) is 5.73 Å². The molecule has 1 aromatic carbocycles. The molecule has 1 aliphatic rings. The lowest BCUT2D eigenvalue weighted by molar-refractivity contribution is -0.122. The minimum atomic E-state index is -0.281. The van der Waals surface area contributed by atoms with Crippen molar-refractivity contribution in [1.82, 2.24) is 10.2 Å². The number of benzene rings is 1. The zero-order valence-electron chi connectivity index (χ0n) is 11.5. The zero-order chi connectivity index (χ0) is 14.4. The monoisotopic (exact) mass is 291 g/mol. The predicted octanol–water partition coefficient (Wildman–Crippen LogP) is 1.44. The molecule has 0 bridgehead atoms. The van der Waals surface area contributed by atoms with Crippen molar-refractivity contribution >= 4 is 23.2 Å². The van der Waals surface area contributed by atoms with Crippen LogP contribution < -0.4 is 11.1 Å². The number of nitrogens with zero attached hydrogens (tertiary/aromatic N) is 1. The van der Waals surface area contributed by atoms with Crippen LogP contribution in [0.3, 0.4) is 0 Å². The number of carbonyl (C=O) groups excluding carboxylic acids is 1. The molecule has 1 amide bonds. The van der Waals surface area contributed by atoms with Crippen LogP contribution in [-0.2, 0) is 11.2 Å². The predicted molar refractivity (Wildman–Crippen MR) is 84.3 cm³/mol. The molecular weight excluding hydrogens is 270 g/mol. The first kappa shape index (κ1) is 14.8. The molecule has 0 unspecified atom stereocenters. The number of piperidine rings is 1. The van der Waals surface area contributed by atoms with Crippen molar-refractivity contribution in [3.63, 3.8) is 0 Å². The summed E-state index contributed by atoms with van der Waals surface area (Å²) in [4.78, 5) is 13.4. The van der Waals surface area contributed by atoms with Gasteiger partial charge in [-0.2, -0.15) is 0 Å². The summed E-state index contributed by atoms with van der Waals surface area (Å²) < 4.78 is 0. The van der Waals surface area contributed by atoms with Gasteiger partial charge in [0, 0.05) is 13.1 Å². The van der Waals surface area contributed by atoms with Crippen molar-refractivity contribution in [2.75, 3.05) is 13.1 Å². The first-order chi connectivity index (χ1) is 9.68. The molecule has 0 aliphatic carbocycles.